The molecule has 1 aliphatic rings. The topological polar surface area (TPSA) is 40.2 Å². The van der Waals surface area contributed by atoms with Crippen molar-refractivity contribution >= 4 is 5.82 Å². The van der Waals surface area contributed by atoms with Gasteiger partial charge in [-0.3, -0.25) is 0 Å². The van der Waals surface area contributed by atoms with Crippen LogP contribution in [0.1, 0.15) is 5.56 Å². The molecule has 1 saturated heterocycles. The maximum absolute atomic E-state index is 4.27. The van der Waals surface area contributed by atoms with Crippen LogP contribution in [-0.4, -0.2) is 18.3 Å². The van der Waals surface area contributed by atoms with Crippen molar-refractivity contribution in [3.05, 3.63) is 23.9 Å². The van der Waals surface area contributed by atoms with Gasteiger partial charge in [-0.25, -0.2) is 15.8 Å². The fraction of sp³-hybridized carbons (Fsp3) is 0.375. The number of hydrazine groups is 1. The minimum Gasteiger partial charge on any atom is -0.329 e. The van der Waals surface area contributed by atoms with Crippen molar-refractivity contribution in [3.63, 3.8) is 0 Å². The third-order valence-corrected chi connectivity index (χ3v) is 1.89. The molecule has 0 aromatic carbocycles. The van der Waals surface area contributed by atoms with Gasteiger partial charge in [0, 0.05) is 6.20 Å². The normalized spacial score (nSPS) is 16.9. The fourth-order valence-electron chi connectivity index (χ4n) is 1.21. The van der Waals surface area contributed by atoms with E-state index in [2.05, 4.69) is 33.7 Å². The second kappa shape index (κ2) is 3.08. The summed E-state index contributed by atoms with van der Waals surface area (Å²) >= 11 is 0. The first-order valence-electron chi connectivity index (χ1n) is 3.99. The highest BCUT2D eigenvalue weighted by molar-refractivity contribution is 5.40. The number of pyridine rings is 1. The first kappa shape index (κ1) is 7.52. The second-order valence-corrected chi connectivity index (χ2v) is 2.90. The first-order valence-corrected chi connectivity index (χ1v) is 3.99. The summed E-state index contributed by atoms with van der Waals surface area (Å²) < 4.78 is 0. The monoisotopic (exact) mass is 164 g/mol. The second-order valence-electron chi connectivity index (χ2n) is 2.90. The number of aromatic nitrogens is 1. The molecule has 0 bridgehead atoms. The van der Waals surface area contributed by atoms with E-state index in [0.717, 1.165) is 19.2 Å². The summed E-state index contributed by atoms with van der Waals surface area (Å²) in [4.78, 5) is 6.40. The maximum Gasteiger partial charge on any atom is 0.130 e. The van der Waals surface area contributed by atoms with Gasteiger partial charge in [-0.15, -0.1) is 0 Å². The number of anilines is 1. The molecule has 0 radical (unpaired) electrons. The molecule has 2 heterocycles. The fourth-order valence-corrected chi connectivity index (χ4v) is 1.21. The Balaban J connectivity index is 2.21. The summed E-state index contributed by atoms with van der Waals surface area (Å²) in [5.41, 5.74) is 7.29. The Labute approximate surface area is 71.6 Å². The molecule has 4 heteroatoms. The molecule has 12 heavy (non-hydrogen) atoms. The van der Waals surface area contributed by atoms with Gasteiger partial charge in [0.05, 0.1) is 13.3 Å². The average molecular weight is 164 g/mol. The van der Waals surface area contributed by atoms with Crippen molar-refractivity contribution in [3.8, 4) is 0 Å². The van der Waals surface area contributed by atoms with E-state index < -0.39 is 0 Å². The molecule has 4 nitrogen and oxygen atoms in total. The lowest BCUT2D eigenvalue weighted by Crippen LogP contribution is -2.21. The van der Waals surface area contributed by atoms with E-state index in [4.69, 9.17) is 0 Å². The molecule has 2 rings (SSSR count). The van der Waals surface area contributed by atoms with E-state index >= 15 is 0 Å². The molecule has 0 atom stereocenters. The predicted molar refractivity (Wildman–Crippen MR) is 47.5 cm³/mol. The maximum atomic E-state index is 4.27. The Morgan fingerprint density at radius 1 is 1.42 bits per heavy atom. The van der Waals surface area contributed by atoms with Crippen molar-refractivity contribution in [2.45, 2.75) is 6.92 Å². The molecule has 1 fully saturated rings. The van der Waals surface area contributed by atoms with Gasteiger partial charge in [0.25, 0.3) is 0 Å². The van der Waals surface area contributed by atoms with Crippen molar-refractivity contribution in [1.82, 2.24) is 15.8 Å². The van der Waals surface area contributed by atoms with Crippen LogP contribution >= 0.6 is 0 Å². The molecule has 1 aromatic rings. The van der Waals surface area contributed by atoms with Crippen molar-refractivity contribution in [2.75, 3.05) is 18.2 Å². The third kappa shape index (κ3) is 1.39. The third-order valence-electron chi connectivity index (χ3n) is 1.89. The van der Waals surface area contributed by atoms with Crippen molar-refractivity contribution < 1.29 is 0 Å². The summed E-state index contributed by atoms with van der Waals surface area (Å²) in [7, 11) is 0. The summed E-state index contributed by atoms with van der Waals surface area (Å²) in [6.07, 6.45) is 1.84. The zero-order chi connectivity index (χ0) is 8.39. The summed E-state index contributed by atoms with van der Waals surface area (Å²) in [6.45, 7) is 3.70. The highest BCUT2D eigenvalue weighted by atomic mass is 15.6. The molecule has 1 aromatic heterocycles. The van der Waals surface area contributed by atoms with E-state index in [9.17, 15) is 0 Å². The standard InChI is InChI=1S/C8H12N4/c1-7-2-3-9-8(4-7)12-5-10-11-6-12/h2-4,10-11H,5-6H2,1H3. The van der Waals surface area contributed by atoms with Crippen LogP contribution in [0.4, 0.5) is 5.82 Å². The van der Waals surface area contributed by atoms with Gasteiger partial charge in [-0.2, -0.15) is 0 Å². The van der Waals surface area contributed by atoms with Gasteiger partial charge in [-0.1, -0.05) is 0 Å². The molecular formula is C8H12N4. The highest BCUT2D eigenvalue weighted by Crippen LogP contribution is 2.11. The number of hydrogen-bond acceptors (Lipinski definition) is 4. The van der Waals surface area contributed by atoms with Gasteiger partial charge >= 0.3 is 0 Å². The Hall–Kier alpha value is -1.13. The van der Waals surface area contributed by atoms with E-state index in [1.165, 1.54) is 5.56 Å². The van der Waals surface area contributed by atoms with Gasteiger partial charge in [0.15, 0.2) is 0 Å². The molecule has 0 unspecified atom stereocenters. The van der Waals surface area contributed by atoms with Gasteiger partial charge < -0.3 is 4.90 Å². The molecule has 2 N–H and O–H groups in total. The lowest BCUT2D eigenvalue weighted by Gasteiger charge is -2.13. The van der Waals surface area contributed by atoms with Crippen LogP contribution in [0.2, 0.25) is 0 Å². The number of rotatable bonds is 1. The Bertz CT molecular complexity index is 268. The van der Waals surface area contributed by atoms with Crippen LogP contribution < -0.4 is 15.8 Å². The minimum absolute atomic E-state index is 0.816. The van der Waals surface area contributed by atoms with Crippen LogP contribution in [0, 0.1) is 6.92 Å². The van der Waals surface area contributed by atoms with E-state index in [1.807, 2.05) is 12.3 Å². The van der Waals surface area contributed by atoms with E-state index in [-0.39, 0.29) is 0 Å². The molecule has 1 aliphatic heterocycles. The number of nitrogens with one attached hydrogen (secondary N) is 2. The average Bonchev–Trinajstić information content (AvgIpc) is 2.56. The van der Waals surface area contributed by atoms with Gasteiger partial charge in [-0.05, 0) is 24.6 Å². The smallest absolute Gasteiger partial charge is 0.130 e. The summed E-state index contributed by atoms with van der Waals surface area (Å²) in [5, 5.41) is 0. The predicted octanol–water partition coefficient (Wildman–Crippen LogP) is 0.219. The summed E-state index contributed by atoms with van der Waals surface area (Å²) in [6, 6.07) is 4.08. The highest BCUT2D eigenvalue weighted by Gasteiger charge is 2.11. The Kier molecular flexibility index (Phi) is 1.93. The zero-order valence-electron chi connectivity index (χ0n) is 7.04. The van der Waals surface area contributed by atoms with Gasteiger partial charge in [0.2, 0.25) is 0 Å². The van der Waals surface area contributed by atoms with Crippen LogP contribution in [0.25, 0.3) is 0 Å². The number of hydrogen-bond donors (Lipinski definition) is 2. The minimum atomic E-state index is 0.816. The molecule has 64 valence electrons. The molecule has 0 spiro atoms. The van der Waals surface area contributed by atoms with E-state index in [1.54, 1.807) is 0 Å². The summed E-state index contributed by atoms with van der Waals surface area (Å²) in [5.74, 6) is 1.02. The molecule has 0 aliphatic carbocycles. The van der Waals surface area contributed by atoms with Crippen molar-refractivity contribution in [2.24, 2.45) is 0 Å². The van der Waals surface area contributed by atoms with Gasteiger partial charge in [0.1, 0.15) is 5.82 Å². The number of aryl methyl sites for hydroxylation is 1. The van der Waals surface area contributed by atoms with E-state index in [0.29, 0.717) is 0 Å². The molecular weight excluding hydrogens is 152 g/mol. The lowest BCUT2D eigenvalue weighted by molar-refractivity contribution is 0.689. The Morgan fingerprint density at radius 3 is 2.83 bits per heavy atom. The van der Waals surface area contributed by atoms with Crippen LogP contribution in [0.15, 0.2) is 18.3 Å². The van der Waals surface area contributed by atoms with Crippen LogP contribution in [0.3, 0.4) is 0 Å². The van der Waals surface area contributed by atoms with Crippen LogP contribution in [-0.2, 0) is 0 Å². The SMILES string of the molecule is Cc1ccnc(N2CNNC2)c1. The molecule has 0 amide bonds. The molecule has 0 saturated carbocycles. The Morgan fingerprint density at radius 2 is 2.17 bits per heavy atom. The lowest BCUT2D eigenvalue weighted by atomic mass is 10.3. The quantitative estimate of drug-likeness (QED) is 0.623. The first-order chi connectivity index (χ1) is 5.86. The largest absolute Gasteiger partial charge is 0.329 e. The zero-order valence-corrected chi connectivity index (χ0v) is 7.04. The number of nitrogens with zero attached hydrogens (tertiary/aromatic N) is 2. The van der Waals surface area contributed by atoms with Crippen molar-refractivity contribution in [1.29, 1.82) is 0 Å². The van der Waals surface area contributed by atoms with Crippen LogP contribution in [0.5, 0.6) is 0 Å².